The fourth-order valence-electron chi connectivity index (χ4n) is 2.81. The Hall–Kier alpha value is -0.610. The van der Waals surface area contributed by atoms with Crippen molar-refractivity contribution in [2.75, 3.05) is 13.7 Å². The van der Waals surface area contributed by atoms with E-state index < -0.39 is 0 Å². The van der Waals surface area contributed by atoms with Gasteiger partial charge in [-0.25, -0.2) is 0 Å². The summed E-state index contributed by atoms with van der Waals surface area (Å²) in [5.41, 5.74) is 5.82. The van der Waals surface area contributed by atoms with Gasteiger partial charge in [-0.15, -0.1) is 0 Å². The molecule has 0 spiro atoms. The van der Waals surface area contributed by atoms with Crippen molar-refractivity contribution in [2.24, 2.45) is 17.6 Å². The van der Waals surface area contributed by atoms with Crippen molar-refractivity contribution in [3.63, 3.8) is 0 Å². The molecule has 4 nitrogen and oxygen atoms in total. The Labute approximate surface area is 111 Å². The molecule has 0 bridgehead atoms. The quantitative estimate of drug-likeness (QED) is 0.710. The van der Waals surface area contributed by atoms with Crippen LogP contribution in [0.1, 0.15) is 46.0 Å². The average molecular weight is 256 g/mol. The smallest absolute Gasteiger partial charge is 0.322 e. The Balaban J connectivity index is 2.59. The lowest BCUT2D eigenvalue weighted by Gasteiger charge is -2.34. The summed E-state index contributed by atoms with van der Waals surface area (Å²) in [4.78, 5) is 11.8. The molecule has 1 saturated carbocycles. The van der Waals surface area contributed by atoms with Crippen molar-refractivity contribution in [2.45, 2.75) is 58.0 Å². The highest BCUT2D eigenvalue weighted by atomic mass is 16.5. The van der Waals surface area contributed by atoms with Crippen LogP contribution in [0.4, 0.5) is 0 Å². The summed E-state index contributed by atoms with van der Waals surface area (Å²) in [5, 5.41) is 3.48. The minimum atomic E-state index is -0.188. The van der Waals surface area contributed by atoms with E-state index in [1.807, 2.05) is 0 Å². The number of rotatable bonds is 6. The van der Waals surface area contributed by atoms with Crippen LogP contribution >= 0.6 is 0 Å². The Morgan fingerprint density at radius 3 is 2.61 bits per heavy atom. The first-order chi connectivity index (χ1) is 8.58. The predicted molar refractivity (Wildman–Crippen MR) is 73.2 cm³/mol. The van der Waals surface area contributed by atoms with Crippen molar-refractivity contribution >= 4 is 5.97 Å². The van der Waals surface area contributed by atoms with Crippen LogP contribution in [0, 0.1) is 11.8 Å². The molecule has 3 N–H and O–H groups in total. The molecule has 0 heterocycles. The highest BCUT2D eigenvalue weighted by Crippen LogP contribution is 2.24. The average Bonchev–Trinajstić information content (AvgIpc) is 2.37. The maximum atomic E-state index is 11.8. The molecule has 1 aliphatic rings. The lowest BCUT2D eigenvalue weighted by Crippen LogP contribution is -2.50. The monoisotopic (exact) mass is 256 g/mol. The summed E-state index contributed by atoms with van der Waals surface area (Å²) in [6, 6.07) is 0.179. The minimum Gasteiger partial charge on any atom is -0.468 e. The third-order valence-electron chi connectivity index (χ3n) is 3.82. The molecule has 3 unspecified atom stereocenters. The number of esters is 1. The fraction of sp³-hybridized carbons (Fsp3) is 0.929. The number of hydrogen-bond acceptors (Lipinski definition) is 4. The topological polar surface area (TPSA) is 64.3 Å². The number of nitrogens with one attached hydrogen (secondary N) is 1. The molecule has 3 atom stereocenters. The van der Waals surface area contributed by atoms with Crippen LogP contribution in [-0.4, -0.2) is 31.7 Å². The highest BCUT2D eigenvalue weighted by Gasteiger charge is 2.29. The third-order valence-corrected chi connectivity index (χ3v) is 3.82. The van der Waals surface area contributed by atoms with Gasteiger partial charge in [-0.05, 0) is 37.6 Å². The van der Waals surface area contributed by atoms with Gasteiger partial charge >= 0.3 is 5.97 Å². The Morgan fingerprint density at radius 1 is 1.39 bits per heavy atom. The molecule has 0 aromatic carbocycles. The second-order valence-electron chi connectivity index (χ2n) is 5.76. The minimum absolute atomic E-state index is 0.148. The van der Waals surface area contributed by atoms with E-state index in [1.54, 1.807) is 0 Å². The largest absolute Gasteiger partial charge is 0.468 e. The van der Waals surface area contributed by atoms with Crippen LogP contribution in [0.25, 0.3) is 0 Å². The number of ether oxygens (including phenoxy) is 1. The zero-order chi connectivity index (χ0) is 13.5. The van der Waals surface area contributed by atoms with E-state index in [2.05, 4.69) is 19.2 Å². The van der Waals surface area contributed by atoms with Gasteiger partial charge in [-0.2, -0.15) is 0 Å². The van der Waals surface area contributed by atoms with E-state index in [9.17, 15) is 4.79 Å². The van der Waals surface area contributed by atoms with Crippen LogP contribution in [0.15, 0.2) is 0 Å². The third kappa shape index (κ3) is 4.58. The van der Waals surface area contributed by atoms with Crippen molar-refractivity contribution in [3.8, 4) is 0 Å². The van der Waals surface area contributed by atoms with Gasteiger partial charge in [0.15, 0.2) is 0 Å². The van der Waals surface area contributed by atoms with E-state index in [-0.39, 0.29) is 12.0 Å². The summed E-state index contributed by atoms with van der Waals surface area (Å²) in [7, 11) is 1.46. The zero-order valence-electron chi connectivity index (χ0n) is 11.9. The van der Waals surface area contributed by atoms with Crippen molar-refractivity contribution in [1.82, 2.24) is 5.32 Å². The second-order valence-corrected chi connectivity index (χ2v) is 5.76. The van der Waals surface area contributed by atoms with Crippen LogP contribution in [0.2, 0.25) is 0 Å². The molecule has 0 amide bonds. The first-order valence-corrected chi connectivity index (χ1v) is 7.12. The van der Waals surface area contributed by atoms with Gasteiger partial charge < -0.3 is 15.8 Å². The van der Waals surface area contributed by atoms with Crippen molar-refractivity contribution in [1.29, 1.82) is 0 Å². The SMILES string of the molecule is COC(=O)C(CC(C)C)NC1CCCCC1CN. The van der Waals surface area contributed by atoms with Crippen LogP contribution in [-0.2, 0) is 9.53 Å². The van der Waals surface area contributed by atoms with Gasteiger partial charge in [0.05, 0.1) is 7.11 Å². The number of methoxy groups -OCH3 is 1. The predicted octanol–water partition coefficient (Wildman–Crippen LogP) is 1.68. The maximum absolute atomic E-state index is 11.8. The Bertz CT molecular complexity index is 256. The Kier molecular flexibility index (Phi) is 6.65. The molecule has 1 rings (SSSR count). The molecule has 1 fully saturated rings. The summed E-state index contributed by atoms with van der Waals surface area (Å²) in [6.45, 7) is 4.95. The van der Waals surface area contributed by atoms with E-state index in [1.165, 1.54) is 26.4 Å². The van der Waals surface area contributed by atoms with Gasteiger partial charge in [0, 0.05) is 6.04 Å². The van der Waals surface area contributed by atoms with Crippen molar-refractivity contribution < 1.29 is 9.53 Å². The van der Waals surface area contributed by atoms with E-state index in [0.29, 0.717) is 24.4 Å². The number of hydrogen-bond donors (Lipinski definition) is 2. The van der Waals surface area contributed by atoms with E-state index >= 15 is 0 Å². The van der Waals surface area contributed by atoms with E-state index in [0.717, 1.165) is 12.8 Å². The molecule has 0 saturated heterocycles. The van der Waals surface area contributed by atoms with Gasteiger partial charge in [0.2, 0.25) is 0 Å². The standard InChI is InChI=1S/C14H28N2O2/c1-10(2)8-13(14(17)18-3)16-12-7-5-4-6-11(12)9-15/h10-13,16H,4-9,15H2,1-3H3. The molecule has 1 aliphatic carbocycles. The summed E-state index contributed by atoms with van der Waals surface area (Å²) in [6.07, 6.45) is 5.59. The number of carbonyl (C=O) groups excluding carboxylic acids is 1. The van der Waals surface area contributed by atoms with E-state index in [4.69, 9.17) is 10.5 Å². The molecular formula is C14H28N2O2. The molecular weight excluding hydrogens is 228 g/mol. The van der Waals surface area contributed by atoms with Gasteiger partial charge in [0.25, 0.3) is 0 Å². The molecule has 18 heavy (non-hydrogen) atoms. The first kappa shape index (κ1) is 15.4. The zero-order valence-corrected chi connectivity index (χ0v) is 11.9. The summed E-state index contributed by atoms with van der Waals surface area (Å²) >= 11 is 0. The molecule has 0 aromatic heterocycles. The summed E-state index contributed by atoms with van der Waals surface area (Å²) in [5.74, 6) is 0.824. The maximum Gasteiger partial charge on any atom is 0.322 e. The summed E-state index contributed by atoms with van der Waals surface area (Å²) < 4.78 is 4.89. The van der Waals surface area contributed by atoms with Gasteiger partial charge in [-0.3, -0.25) is 4.79 Å². The first-order valence-electron chi connectivity index (χ1n) is 7.12. The molecule has 0 aliphatic heterocycles. The Morgan fingerprint density at radius 2 is 2.06 bits per heavy atom. The van der Waals surface area contributed by atoms with Crippen LogP contribution in [0.5, 0.6) is 0 Å². The highest BCUT2D eigenvalue weighted by molar-refractivity contribution is 5.75. The molecule has 106 valence electrons. The fourth-order valence-corrected chi connectivity index (χ4v) is 2.81. The number of carbonyl (C=O) groups is 1. The normalized spacial score (nSPS) is 26.1. The van der Waals surface area contributed by atoms with Gasteiger partial charge in [0.1, 0.15) is 6.04 Å². The molecule has 0 radical (unpaired) electrons. The van der Waals surface area contributed by atoms with Crippen molar-refractivity contribution in [3.05, 3.63) is 0 Å². The lowest BCUT2D eigenvalue weighted by molar-refractivity contribution is -0.144. The van der Waals surface area contributed by atoms with Crippen LogP contribution in [0.3, 0.4) is 0 Å². The molecule has 4 heteroatoms. The van der Waals surface area contributed by atoms with Crippen LogP contribution < -0.4 is 11.1 Å². The van der Waals surface area contributed by atoms with Gasteiger partial charge in [-0.1, -0.05) is 26.7 Å². The second kappa shape index (κ2) is 7.74. The lowest BCUT2D eigenvalue weighted by atomic mass is 9.84. The molecule has 0 aromatic rings. The number of nitrogens with two attached hydrogens (primary N) is 1.